The molecule has 0 spiro atoms. The van der Waals surface area contributed by atoms with E-state index in [1.165, 1.54) is 7.11 Å². The average molecular weight is 774 g/mol. The highest BCUT2D eigenvalue weighted by atomic mass is 16.5. The molecule has 0 aliphatic carbocycles. The third kappa shape index (κ3) is 6.84. The normalized spacial score (nSPS) is 24.1. The number of amides is 2. The van der Waals surface area contributed by atoms with Crippen molar-refractivity contribution in [2.75, 3.05) is 56.7 Å². The summed E-state index contributed by atoms with van der Waals surface area (Å²) in [6.07, 6.45) is 5.44. The molecule has 4 fully saturated rings. The summed E-state index contributed by atoms with van der Waals surface area (Å²) >= 11 is 0. The van der Waals surface area contributed by atoms with Crippen molar-refractivity contribution >= 4 is 46.2 Å². The van der Waals surface area contributed by atoms with Gasteiger partial charge in [0.25, 0.3) is 5.56 Å². The van der Waals surface area contributed by atoms with Crippen molar-refractivity contribution in [1.29, 1.82) is 0 Å². The molecular formula is C43H47N7O7. The maximum Gasteiger partial charge on any atom is 0.262 e. The summed E-state index contributed by atoms with van der Waals surface area (Å²) in [7, 11) is 3.09. The van der Waals surface area contributed by atoms with Gasteiger partial charge in [-0.2, -0.15) is 0 Å². The number of fused-ring (bicyclic) bond motifs is 4. The van der Waals surface area contributed by atoms with E-state index >= 15 is 0 Å². The summed E-state index contributed by atoms with van der Waals surface area (Å²) in [4.78, 5) is 79.5. The quantitative estimate of drug-likeness (QED) is 0.137. The molecule has 2 N–H and O–H groups in total. The van der Waals surface area contributed by atoms with E-state index in [2.05, 4.69) is 49.3 Å². The van der Waals surface area contributed by atoms with Crippen LogP contribution in [0.15, 0.2) is 59.4 Å². The Labute approximate surface area is 330 Å². The van der Waals surface area contributed by atoms with Crippen LogP contribution in [0.4, 0.5) is 11.4 Å². The molecular weight excluding hydrogens is 727 g/mol. The number of aldehydes is 1. The van der Waals surface area contributed by atoms with E-state index < -0.39 is 23.8 Å². The first-order valence-corrected chi connectivity index (χ1v) is 19.9. The number of piperazine rings is 1. The molecule has 14 heteroatoms. The average Bonchev–Trinajstić information content (AvgIpc) is 3.71. The lowest BCUT2D eigenvalue weighted by Gasteiger charge is -2.44. The number of ketones is 1. The minimum Gasteiger partial charge on any atom is -0.497 e. The topological polar surface area (TPSA) is 157 Å². The van der Waals surface area contributed by atoms with Gasteiger partial charge < -0.3 is 24.3 Å². The van der Waals surface area contributed by atoms with Crippen molar-refractivity contribution in [3.05, 3.63) is 76.1 Å². The van der Waals surface area contributed by atoms with Crippen molar-refractivity contribution in [3.63, 3.8) is 0 Å². The monoisotopic (exact) mass is 773 g/mol. The molecule has 5 aliphatic heterocycles. The van der Waals surface area contributed by atoms with Gasteiger partial charge in [0.1, 0.15) is 28.8 Å². The molecule has 2 amide bonds. The van der Waals surface area contributed by atoms with Crippen LogP contribution in [0.1, 0.15) is 55.7 Å². The maximum absolute atomic E-state index is 13.0. The minimum atomic E-state index is -0.828. The van der Waals surface area contributed by atoms with Gasteiger partial charge in [0.05, 0.1) is 25.8 Å². The Hall–Kier alpha value is -5.60. The zero-order valence-electron chi connectivity index (χ0n) is 32.2. The highest BCUT2D eigenvalue weighted by molar-refractivity contribution is 6.27. The fraction of sp³-hybridized carbons (Fsp3) is 0.442. The van der Waals surface area contributed by atoms with Crippen molar-refractivity contribution in [1.82, 2.24) is 25.1 Å². The first-order valence-electron chi connectivity index (χ1n) is 19.9. The molecule has 1 aromatic heterocycles. The summed E-state index contributed by atoms with van der Waals surface area (Å²) in [5.41, 5.74) is 5.00. The summed E-state index contributed by atoms with van der Waals surface area (Å²) < 4.78 is 10.8. The lowest BCUT2D eigenvalue weighted by atomic mass is 9.94. The Bertz CT molecular complexity index is 2290. The zero-order chi connectivity index (χ0) is 39.4. The number of piperidine rings is 2. The molecule has 57 heavy (non-hydrogen) atoms. The lowest BCUT2D eigenvalue weighted by molar-refractivity contribution is -0.141. The summed E-state index contributed by atoms with van der Waals surface area (Å²) in [5, 5.41) is 2.79. The fourth-order valence-electron chi connectivity index (χ4n) is 9.94. The largest absolute Gasteiger partial charge is 0.497 e. The van der Waals surface area contributed by atoms with Crippen molar-refractivity contribution < 1.29 is 28.7 Å². The molecule has 4 saturated heterocycles. The maximum atomic E-state index is 13.0. The van der Waals surface area contributed by atoms with Crippen LogP contribution in [0.25, 0.3) is 22.3 Å². The number of aromatic nitrogens is 2. The fourth-order valence-corrected chi connectivity index (χ4v) is 9.94. The van der Waals surface area contributed by atoms with Gasteiger partial charge in [-0.1, -0.05) is 6.07 Å². The van der Waals surface area contributed by atoms with Gasteiger partial charge >= 0.3 is 0 Å². The molecule has 6 heterocycles. The number of aromatic amines is 1. The minimum absolute atomic E-state index is 0.209. The Kier molecular flexibility index (Phi) is 9.77. The van der Waals surface area contributed by atoms with Crippen molar-refractivity contribution in [2.24, 2.45) is 5.92 Å². The smallest absolute Gasteiger partial charge is 0.262 e. The molecule has 4 aromatic rings. The number of hydrogen-bond donors (Lipinski definition) is 2. The van der Waals surface area contributed by atoms with Crippen LogP contribution in [-0.4, -0.2) is 109 Å². The van der Waals surface area contributed by atoms with Gasteiger partial charge in [-0.15, -0.1) is 0 Å². The molecule has 0 radical (unpaired) electrons. The highest BCUT2D eigenvalue weighted by Crippen LogP contribution is 2.41. The second-order valence-corrected chi connectivity index (χ2v) is 16.0. The van der Waals surface area contributed by atoms with Crippen LogP contribution in [0.2, 0.25) is 0 Å². The molecule has 5 aliphatic rings. The van der Waals surface area contributed by atoms with Crippen LogP contribution in [-0.2, 0) is 25.7 Å². The number of H-pyrrole nitrogens is 1. The van der Waals surface area contributed by atoms with Gasteiger partial charge in [0.15, 0.2) is 6.29 Å². The third-order valence-electron chi connectivity index (χ3n) is 12.9. The van der Waals surface area contributed by atoms with E-state index in [0.29, 0.717) is 65.5 Å². The number of ether oxygens (including phenoxy) is 2. The van der Waals surface area contributed by atoms with E-state index in [0.717, 1.165) is 86.5 Å². The number of carbonyl (C=O) groups excluding carboxylic acids is 4. The van der Waals surface area contributed by atoms with Gasteiger partial charge in [0.2, 0.25) is 17.6 Å². The number of carbonyl (C=O) groups is 4. The van der Waals surface area contributed by atoms with Crippen LogP contribution in [0.3, 0.4) is 0 Å². The molecule has 2 bridgehead atoms. The molecule has 4 atom stereocenters. The van der Waals surface area contributed by atoms with Gasteiger partial charge in [-0.25, -0.2) is 4.98 Å². The number of nitrogens with zero attached hydrogens (tertiary/aromatic N) is 5. The standard InChI is InChI=1S/C43H47N7O7/c1-56-32-18-34-39(37(19-32)57-2)43(55)46-41(44-34)26-3-6-28(7-4-26)47-15-13-25(14-16-47)20-49-30-9-10-31(49)23-48(22-30)29-8-5-27-21-50(35-11-12-38(53)45-42(35)54)40(33(27)17-29)36(52)24-51/h3-8,17-19,24-25,30-31,35,40H,9-16,20-23H2,1-2H3,(H,44,46,55)(H,45,53,54). The number of nitrogens with one attached hydrogen (secondary N) is 2. The third-order valence-corrected chi connectivity index (χ3v) is 12.9. The van der Waals surface area contributed by atoms with Crippen LogP contribution in [0.5, 0.6) is 11.5 Å². The van der Waals surface area contributed by atoms with E-state index in [1.807, 2.05) is 18.2 Å². The van der Waals surface area contributed by atoms with Crippen molar-refractivity contribution in [3.8, 4) is 22.9 Å². The molecule has 4 unspecified atom stereocenters. The van der Waals surface area contributed by atoms with E-state index in [9.17, 15) is 24.0 Å². The molecule has 3 aromatic carbocycles. The first-order chi connectivity index (χ1) is 27.7. The highest BCUT2D eigenvalue weighted by Gasteiger charge is 2.45. The second-order valence-electron chi connectivity index (χ2n) is 16.0. The lowest BCUT2D eigenvalue weighted by Crippen LogP contribution is -2.55. The molecule has 14 nitrogen and oxygen atoms in total. The van der Waals surface area contributed by atoms with E-state index in [1.54, 1.807) is 24.1 Å². The van der Waals surface area contributed by atoms with E-state index in [4.69, 9.17) is 14.5 Å². The van der Waals surface area contributed by atoms with Gasteiger partial charge in [0, 0.05) is 86.8 Å². The predicted molar refractivity (Wildman–Crippen MR) is 214 cm³/mol. The van der Waals surface area contributed by atoms with Gasteiger partial charge in [-0.3, -0.25) is 39.1 Å². The number of hydrogen-bond acceptors (Lipinski definition) is 12. The zero-order valence-corrected chi connectivity index (χ0v) is 32.2. The Morgan fingerprint density at radius 1 is 0.877 bits per heavy atom. The summed E-state index contributed by atoms with van der Waals surface area (Å²) in [6.45, 7) is 5.25. The number of methoxy groups -OCH3 is 2. The number of imide groups is 1. The first kappa shape index (κ1) is 37.0. The number of rotatable bonds is 10. The van der Waals surface area contributed by atoms with Gasteiger partial charge in [-0.05, 0) is 85.5 Å². The number of Topliss-reactive ketones (excluding diaryl/α,β-unsaturated/α-hetero) is 1. The van der Waals surface area contributed by atoms with Crippen LogP contribution < -0.4 is 30.1 Å². The number of benzene rings is 3. The van der Waals surface area contributed by atoms with Crippen molar-refractivity contribution in [2.45, 2.75) is 69.2 Å². The summed E-state index contributed by atoms with van der Waals surface area (Å²) in [6, 6.07) is 17.3. The Balaban J connectivity index is 0.821. The molecule has 9 rings (SSSR count). The SMILES string of the molecule is COc1cc(OC)c2c(=O)[nH]c(-c3ccc(N4CCC(CN5C6CCC5CN(c5ccc7c(c5)C(C(=O)C=O)N(C5CCC(=O)NC5=O)C7)C6)CC4)cc3)nc2c1. The summed E-state index contributed by atoms with van der Waals surface area (Å²) in [5.74, 6) is 0.812. The molecule has 296 valence electrons. The van der Waals surface area contributed by atoms with E-state index in [-0.39, 0.29) is 17.9 Å². The van der Waals surface area contributed by atoms with Crippen LogP contribution in [0, 0.1) is 5.92 Å². The Morgan fingerprint density at radius 3 is 2.30 bits per heavy atom. The second kappa shape index (κ2) is 15.1. The Morgan fingerprint density at radius 2 is 1.61 bits per heavy atom. The number of anilines is 2. The van der Waals surface area contributed by atoms with Crippen LogP contribution >= 0.6 is 0 Å². The molecule has 0 saturated carbocycles. The predicted octanol–water partition coefficient (Wildman–Crippen LogP) is 3.61.